The number of hydrogen-bond acceptors (Lipinski definition) is 5. The van der Waals surface area contributed by atoms with E-state index in [4.69, 9.17) is 4.74 Å². The van der Waals surface area contributed by atoms with Crippen LogP contribution in [0.2, 0.25) is 0 Å². The third-order valence-corrected chi connectivity index (χ3v) is 8.61. The van der Waals surface area contributed by atoms with Crippen molar-refractivity contribution in [2.45, 2.75) is 63.0 Å². The molecule has 1 aliphatic carbocycles. The van der Waals surface area contributed by atoms with E-state index in [-0.39, 0.29) is 6.10 Å². The molecule has 0 amide bonds. The predicted molar refractivity (Wildman–Crippen MR) is 123 cm³/mol. The molecule has 2 heterocycles. The highest BCUT2D eigenvalue weighted by Crippen LogP contribution is 2.27. The molecule has 1 saturated heterocycles. The molecule has 0 radical (unpaired) electrons. The molecule has 5 atom stereocenters. The Morgan fingerprint density at radius 2 is 2.34 bits per heavy atom. The van der Waals surface area contributed by atoms with Gasteiger partial charge in [-0.2, -0.15) is 0 Å². The number of ether oxygens (including phenoxy) is 1. The van der Waals surface area contributed by atoms with Crippen LogP contribution in [0.4, 0.5) is 0 Å². The Balaban J connectivity index is 1.58. The Hall–Kier alpha value is -0.960. The highest BCUT2D eigenvalue weighted by atomic mass is 32.2. The molecule has 1 saturated carbocycles. The predicted octanol–water partition coefficient (Wildman–Crippen LogP) is 2.75. The quantitative estimate of drug-likeness (QED) is 0.504. The van der Waals surface area contributed by atoms with Crippen LogP contribution in [0.3, 0.4) is 0 Å². The number of guanidine groups is 1. The van der Waals surface area contributed by atoms with Crippen molar-refractivity contribution in [2.75, 3.05) is 39.0 Å². The number of morpholine rings is 1. The molecule has 1 aromatic heterocycles. The summed E-state index contributed by atoms with van der Waals surface area (Å²) >= 11 is 1.81. The largest absolute Gasteiger partial charge is 0.376 e. The lowest BCUT2D eigenvalue weighted by atomic mass is 9.95. The lowest BCUT2D eigenvalue weighted by Gasteiger charge is -2.37. The SMILES string of the molecule is CCS(=O)C1CCCC(NC(=NC)NCC(c2cccs2)N2CCOC(C)C2)C1. The number of rotatable bonds is 7. The molecular weight excluding hydrogens is 404 g/mol. The van der Waals surface area contributed by atoms with E-state index in [2.05, 4.69) is 45.0 Å². The Morgan fingerprint density at radius 1 is 1.48 bits per heavy atom. The fourth-order valence-corrected chi connectivity index (χ4v) is 6.56. The van der Waals surface area contributed by atoms with E-state index in [0.717, 1.165) is 63.6 Å². The monoisotopic (exact) mass is 440 g/mol. The van der Waals surface area contributed by atoms with Gasteiger partial charge in [0.05, 0.1) is 18.8 Å². The summed E-state index contributed by atoms with van der Waals surface area (Å²) in [6.45, 7) is 7.66. The number of nitrogens with one attached hydrogen (secondary N) is 2. The van der Waals surface area contributed by atoms with Gasteiger partial charge < -0.3 is 15.4 Å². The third-order valence-electron chi connectivity index (χ3n) is 5.89. The third kappa shape index (κ3) is 6.51. The highest BCUT2D eigenvalue weighted by Gasteiger charge is 2.28. The van der Waals surface area contributed by atoms with Crippen LogP contribution < -0.4 is 10.6 Å². The molecule has 5 unspecified atom stereocenters. The number of aliphatic imine (C=N–C) groups is 1. The van der Waals surface area contributed by atoms with Gasteiger partial charge in [0.25, 0.3) is 0 Å². The summed E-state index contributed by atoms with van der Waals surface area (Å²) in [5, 5.41) is 9.62. The second-order valence-corrected chi connectivity index (χ2v) is 10.9. The molecule has 0 spiro atoms. The smallest absolute Gasteiger partial charge is 0.191 e. The van der Waals surface area contributed by atoms with Crippen LogP contribution in [0.15, 0.2) is 22.5 Å². The lowest BCUT2D eigenvalue weighted by molar-refractivity contribution is -0.0334. The van der Waals surface area contributed by atoms with E-state index in [9.17, 15) is 4.21 Å². The molecule has 1 aromatic rings. The van der Waals surface area contributed by atoms with Gasteiger partial charge in [0, 0.05) is 59.4 Å². The second-order valence-electron chi connectivity index (χ2n) is 7.96. The number of hydrogen-bond donors (Lipinski definition) is 2. The number of thiophene rings is 1. The lowest BCUT2D eigenvalue weighted by Crippen LogP contribution is -2.50. The molecule has 6 nitrogen and oxygen atoms in total. The van der Waals surface area contributed by atoms with Crippen molar-refractivity contribution in [3.8, 4) is 0 Å². The Bertz CT molecular complexity index is 668. The van der Waals surface area contributed by atoms with Crippen LogP contribution in [0.25, 0.3) is 0 Å². The average molecular weight is 441 g/mol. The zero-order valence-corrected chi connectivity index (χ0v) is 19.6. The molecule has 2 N–H and O–H groups in total. The van der Waals surface area contributed by atoms with E-state index >= 15 is 0 Å². The van der Waals surface area contributed by atoms with Gasteiger partial charge in [-0.15, -0.1) is 11.3 Å². The van der Waals surface area contributed by atoms with Gasteiger partial charge in [-0.3, -0.25) is 14.1 Å². The molecule has 0 bridgehead atoms. The molecule has 3 rings (SSSR count). The average Bonchev–Trinajstić information content (AvgIpc) is 3.27. The minimum absolute atomic E-state index is 0.266. The molecule has 164 valence electrons. The first-order valence-electron chi connectivity index (χ1n) is 10.8. The maximum Gasteiger partial charge on any atom is 0.191 e. The fraction of sp³-hybridized carbons (Fsp3) is 0.762. The van der Waals surface area contributed by atoms with Gasteiger partial charge >= 0.3 is 0 Å². The first kappa shape index (κ1) is 22.7. The molecule has 0 aromatic carbocycles. The van der Waals surface area contributed by atoms with Crippen LogP contribution in [-0.2, 0) is 15.5 Å². The van der Waals surface area contributed by atoms with Crippen LogP contribution in [0, 0.1) is 0 Å². The van der Waals surface area contributed by atoms with Crippen molar-refractivity contribution < 1.29 is 8.95 Å². The maximum atomic E-state index is 12.2. The van der Waals surface area contributed by atoms with Crippen LogP contribution in [0.5, 0.6) is 0 Å². The van der Waals surface area contributed by atoms with Crippen LogP contribution in [-0.4, -0.2) is 71.5 Å². The van der Waals surface area contributed by atoms with E-state index in [1.807, 2.05) is 25.3 Å². The van der Waals surface area contributed by atoms with Crippen molar-refractivity contribution in [3.05, 3.63) is 22.4 Å². The van der Waals surface area contributed by atoms with Gasteiger partial charge in [-0.1, -0.05) is 19.4 Å². The molecular formula is C21H36N4O2S2. The summed E-state index contributed by atoms with van der Waals surface area (Å²) in [5.41, 5.74) is 0. The van der Waals surface area contributed by atoms with Crippen LogP contribution in [0.1, 0.15) is 50.4 Å². The molecule has 8 heteroatoms. The Labute approximate surface area is 182 Å². The van der Waals surface area contributed by atoms with Gasteiger partial charge in [-0.05, 0) is 37.6 Å². The summed E-state index contributed by atoms with van der Waals surface area (Å²) in [4.78, 5) is 8.35. The van der Waals surface area contributed by atoms with Crippen molar-refractivity contribution >= 4 is 28.1 Å². The number of nitrogens with zero attached hydrogens (tertiary/aromatic N) is 2. The summed E-state index contributed by atoms with van der Waals surface area (Å²) in [7, 11) is 1.12. The molecule has 1 aliphatic heterocycles. The Morgan fingerprint density at radius 3 is 3.03 bits per heavy atom. The first-order valence-corrected chi connectivity index (χ1v) is 13.1. The minimum Gasteiger partial charge on any atom is -0.376 e. The normalized spacial score (nSPS) is 28.7. The van der Waals surface area contributed by atoms with Gasteiger partial charge in [0.2, 0.25) is 0 Å². The topological polar surface area (TPSA) is 66.0 Å². The van der Waals surface area contributed by atoms with Crippen molar-refractivity contribution in [3.63, 3.8) is 0 Å². The maximum absolute atomic E-state index is 12.2. The fourth-order valence-electron chi connectivity index (χ4n) is 4.35. The summed E-state index contributed by atoms with van der Waals surface area (Å²) in [6.07, 6.45) is 4.57. The molecule has 29 heavy (non-hydrogen) atoms. The van der Waals surface area contributed by atoms with Crippen molar-refractivity contribution in [1.29, 1.82) is 0 Å². The molecule has 2 fully saturated rings. The van der Waals surface area contributed by atoms with Crippen LogP contribution >= 0.6 is 11.3 Å². The summed E-state index contributed by atoms with van der Waals surface area (Å²) < 4.78 is 18.0. The van der Waals surface area contributed by atoms with E-state index < -0.39 is 10.8 Å². The van der Waals surface area contributed by atoms with Gasteiger partial charge in [-0.25, -0.2) is 0 Å². The molecule has 2 aliphatic rings. The van der Waals surface area contributed by atoms with Crippen molar-refractivity contribution in [1.82, 2.24) is 15.5 Å². The first-order chi connectivity index (χ1) is 14.1. The van der Waals surface area contributed by atoms with E-state index in [1.54, 1.807) is 0 Å². The zero-order chi connectivity index (χ0) is 20.6. The van der Waals surface area contributed by atoms with E-state index in [0.29, 0.717) is 17.3 Å². The van der Waals surface area contributed by atoms with Crippen molar-refractivity contribution in [2.24, 2.45) is 4.99 Å². The minimum atomic E-state index is -0.707. The highest BCUT2D eigenvalue weighted by molar-refractivity contribution is 7.85. The van der Waals surface area contributed by atoms with Gasteiger partial charge in [0.1, 0.15) is 0 Å². The standard InChI is InChI=1S/C21H36N4O2S2/c1-4-29(26)18-8-5-7-17(13-18)24-21(22-3)23-14-19(20-9-6-12-28-20)25-10-11-27-16(2)15-25/h6,9,12,16-19H,4-5,7-8,10-11,13-15H2,1-3H3,(H2,22,23,24). The zero-order valence-electron chi connectivity index (χ0n) is 17.9. The van der Waals surface area contributed by atoms with E-state index in [1.165, 1.54) is 4.88 Å². The Kier molecular flexibility index (Phi) is 8.96. The summed E-state index contributed by atoms with van der Waals surface area (Å²) in [5.74, 6) is 1.60. The second kappa shape index (κ2) is 11.4. The summed E-state index contributed by atoms with van der Waals surface area (Å²) in [6, 6.07) is 5.00. The van der Waals surface area contributed by atoms with Gasteiger partial charge in [0.15, 0.2) is 5.96 Å².